The van der Waals surface area contributed by atoms with Crippen molar-refractivity contribution in [1.82, 2.24) is 0 Å². The van der Waals surface area contributed by atoms with Gasteiger partial charge in [0.1, 0.15) is 11.6 Å². The lowest BCUT2D eigenvalue weighted by atomic mass is 9.99. The van der Waals surface area contributed by atoms with Crippen molar-refractivity contribution in [1.29, 1.82) is 0 Å². The first-order chi connectivity index (χ1) is 9.65. The minimum absolute atomic E-state index is 0.282. The van der Waals surface area contributed by atoms with Gasteiger partial charge in [-0.2, -0.15) is 0 Å². The summed E-state index contributed by atoms with van der Waals surface area (Å²) in [7, 11) is 0. The Balaban J connectivity index is 1.93. The minimum Gasteiger partial charge on any atom is -0.324 e. The van der Waals surface area contributed by atoms with Gasteiger partial charge in [0.2, 0.25) is 0 Å². The molecule has 3 rings (SSSR count). The van der Waals surface area contributed by atoms with Crippen molar-refractivity contribution < 1.29 is 8.78 Å². The smallest absolute Gasteiger partial charge is 0.126 e. The Hall–Kier alpha value is -1.78. The molecule has 4 heteroatoms. The fourth-order valence-electron chi connectivity index (χ4n) is 2.33. The molecule has 0 amide bonds. The Kier molecular flexibility index (Phi) is 3.51. The molecule has 1 heterocycles. The number of hydrogen-bond acceptors (Lipinski definition) is 2. The van der Waals surface area contributed by atoms with Crippen LogP contribution in [0.3, 0.4) is 0 Å². The van der Waals surface area contributed by atoms with Gasteiger partial charge in [-0.1, -0.05) is 18.2 Å². The van der Waals surface area contributed by atoms with Crippen molar-refractivity contribution in [3.63, 3.8) is 0 Å². The second-order valence-electron chi connectivity index (χ2n) is 4.73. The predicted octanol–water partition coefficient (Wildman–Crippen LogP) is 4.42. The zero-order chi connectivity index (χ0) is 14.1. The van der Waals surface area contributed by atoms with Crippen LogP contribution >= 0.6 is 11.3 Å². The van der Waals surface area contributed by atoms with Crippen molar-refractivity contribution in [3.8, 4) is 0 Å². The van der Waals surface area contributed by atoms with Crippen LogP contribution in [0.4, 0.5) is 8.78 Å². The van der Waals surface area contributed by atoms with Gasteiger partial charge in [-0.15, -0.1) is 11.3 Å². The van der Waals surface area contributed by atoms with Crippen LogP contribution in [0.25, 0.3) is 10.1 Å². The van der Waals surface area contributed by atoms with Gasteiger partial charge in [0.25, 0.3) is 0 Å². The van der Waals surface area contributed by atoms with E-state index in [1.54, 1.807) is 11.3 Å². The summed E-state index contributed by atoms with van der Waals surface area (Å²) in [5.74, 6) is -0.856. The molecule has 2 N–H and O–H groups in total. The highest BCUT2D eigenvalue weighted by molar-refractivity contribution is 7.17. The molecular weight excluding hydrogens is 276 g/mol. The number of hydrogen-bond donors (Lipinski definition) is 1. The highest BCUT2D eigenvalue weighted by atomic mass is 32.1. The van der Waals surface area contributed by atoms with Crippen molar-refractivity contribution in [2.24, 2.45) is 5.73 Å². The summed E-state index contributed by atoms with van der Waals surface area (Å²) >= 11 is 1.61. The topological polar surface area (TPSA) is 26.0 Å². The second-order valence-corrected chi connectivity index (χ2v) is 5.64. The lowest BCUT2D eigenvalue weighted by molar-refractivity contribution is 0.573. The van der Waals surface area contributed by atoms with Crippen LogP contribution in [0.1, 0.15) is 17.2 Å². The zero-order valence-electron chi connectivity index (χ0n) is 10.6. The normalized spacial score (nSPS) is 12.8. The summed E-state index contributed by atoms with van der Waals surface area (Å²) < 4.78 is 28.0. The van der Waals surface area contributed by atoms with Gasteiger partial charge >= 0.3 is 0 Å². The molecule has 2 aromatic carbocycles. The lowest BCUT2D eigenvalue weighted by Gasteiger charge is -2.12. The maximum Gasteiger partial charge on any atom is 0.126 e. The Morgan fingerprint density at radius 1 is 1.10 bits per heavy atom. The molecule has 0 saturated heterocycles. The minimum atomic E-state index is -0.441. The molecular formula is C16H13F2NS. The molecule has 1 nitrogen and oxygen atoms in total. The Morgan fingerprint density at radius 3 is 2.75 bits per heavy atom. The van der Waals surface area contributed by atoms with E-state index in [0.29, 0.717) is 5.56 Å². The van der Waals surface area contributed by atoms with Crippen LogP contribution in [0.5, 0.6) is 0 Å². The van der Waals surface area contributed by atoms with Crippen molar-refractivity contribution in [3.05, 3.63) is 70.6 Å². The summed E-state index contributed by atoms with van der Waals surface area (Å²) in [6.07, 6.45) is 0.282. The van der Waals surface area contributed by atoms with Gasteiger partial charge < -0.3 is 5.73 Å². The van der Waals surface area contributed by atoms with E-state index >= 15 is 0 Å². The largest absolute Gasteiger partial charge is 0.324 e. The van der Waals surface area contributed by atoms with Crippen LogP contribution in [0.2, 0.25) is 0 Å². The summed E-state index contributed by atoms with van der Waals surface area (Å²) in [4.78, 5) is 0. The van der Waals surface area contributed by atoms with E-state index in [1.807, 2.05) is 29.6 Å². The molecule has 0 radical (unpaired) electrons. The van der Waals surface area contributed by atoms with E-state index in [4.69, 9.17) is 5.73 Å². The first-order valence-corrected chi connectivity index (χ1v) is 7.19. The third-order valence-corrected chi connectivity index (χ3v) is 4.34. The fourth-order valence-corrected chi connectivity index (χ4v) is 3.36. The number of fused-ring (bicyclic) bond motifs is 1. The molecule has 1 atom stereocenters. The average Bonchev–Trinajstić information content (AvgIpc) is 2.87. The molecule has 0 saturated carbocycles. The molecule has 0 fully saturated rings. The van der Waals surface area contributed by atoms with Crippen LogP contribution in [0.15, 0.2) is 47.8 Å². The Morgan fingerprint density at radius 2 is 1.90 bits per heavy atom. The van der Waals surface area contributed by atoms with Gasteiger partial charge in [0.15, 0.2) is 0 Å². The zero-order valence-corrected chi connectivity index (χ0v) is 11.5. The number of thiophene rings is 1. The molecule has 0 aliphatic heterocycles. The van der Waals surface area contributed by atoms with Crippen LogP contribution in [-0.2, 0) is 6.42 Å². The summed E-state index contributed by atoms with van der Waals surface area (Å²) in [5.41, 5.74) is 7.47. The first kappa shape index (κ1) is 13.2. The van der Waals surface area contributed by atoms with Crippen molar-refractivity contribution in [2.75, 3.05) is 0 Å². The number of halogens is 2. The van der Waals surface area contributed by atoms with Crippen LogP contribution in [-0.4, -0.2) is 0 Å². The molecule has 0 bridgehead atoms. The maximum atomic E-state index is 13.7. The quantitative estimate of drug-likeness (QED) is 0.758. The van der Waals surface area contributed by atoms with Crippen molar-refractivity contribution >= 4 is 21.4 Å². The third kappa shape index (κ3) is 2.44. The highest BCUT2D eigenvalue weighted by Gasteiger charge is 2.14. The summed E-state index contributed by atoms with van der Waals surface area (Å²) in [6, 6.07) is 11.1. The van der Waals surface area contributed by atoms with E-state index in [-0.39, 0.29) is 12.5 Å². The number of rotatable bonds is 3. The molecule has 0 spiro atoms. The van der Waals surface area contributed by atoms with Crippen LogP contribution < -0.4 is 5.73 Å². The maximum absolute atomic E-state index is 13.7. The third-order valence-electron chi connectivity index (χ3n) is 3.36. The predicted molar refractivity (Wildman–Crippen MR) is 78.8 cm³/mol. The van der Waals surface area contributed by atoms with Crippen molar-refractivity contribution in [2.45, 2.75) is 12.5 Å². The number of nitrogens with two attached hydrogens (primary N) is 1. The fraction of sp³-hybridized carbons (Fsp3) is 0.125. The standard InChI is InChI=1S/C16H13F2NS/c17-11-5-6-14(18)10(7-11)8-15(19)13-9-20-16-4-2-1-3-12(13)16/h1-7,9,15H,8,19H2. The SMILES string of the molecule is NC(Cc1cc(F)ccc1F)c1csc2ccccc12. The van der Waals surface area contributed by atoms with E-state index < -0.39 is 11.6 Å². The lowest BCUT2D eigenvalue weighted by Crippen LogP contribution is -2.13. The molecule has 1 unspecified atom stereocenters. The first-order valence-electron chi connectivity index (χ1n) is 6.31. The van der Waals surface area contributed by atoms with E-state index in [9.17, 15) is 8.78 Å². The summed E-state index contributed by atoms with van der Waals surface area (Å²) in [5, 5.41) is 3.08. The van der Waals surface area contributed by atoms with Gasteiger partial charge in [0, 0.05) is 10.7 Å². The summed E-state index contributed by atoms with van der Waals surface area (Å²) in [6.45, 7) is 0. The molecule has 102 valence electrons. The van der Waals surface area contributed by atoms with Gasteiger partial charge in [0.05, 0.1) is 0 Å². The average molecular weight is 289 g/mol. The second kappa shape index (κ2) is 5.31. The van der Waals surface area contributed by atoms with E-state index in [2.05, 4.69) is 0 Å². The van der Waals surface area contributed by atoms with Gasteiger partial charge in [-0.05, 0) is 52.6 Å². The molecule has 1 aromatic heterocycles. The molecule has 3 aromatic rings. The Labute approximate surface area is 119 Å². The molecule has 0 aliphatic rings. The van der Waals surface area contributed by atoms with Gasteiger partial charge in [-0.3, -0.25) is 0 Å². The van der Waals surface area contributed by atoms with E-state index in [0.717, 1.165) is 27.8 Å². The Bertz CT molecular complexity index is 751. The molecule has 0 aliphatic carbocycles. The van der Waals surface area contributed by atoms with Gasteiger partial charge in [-0.25, -0.2) is 8.78 Å². The molecule has 20 heavy (non-hydrogen) atoms. The number of benzene rings is 2. The monoisotopic (exact) mass is 289 g/mol. The highest BCUT2D eigenvalue weighted by Crippen LogP contribution is 2.31. The van der Waals surface area contributed by atoms with Crippen LogP contribution in [0, 0.1) is 11.6 Å². The van der Waals surface area contributed by atoms with E-state index in [1.165, 1.54) is 6.07 Å².